The van der Waals surface area contributed by atoms with Gasteiger partial charge in [-0.3, -0.25) is 4.68 Å². The van der Waals surface area contributed by atoms with Gasteiger partial charge in [0.15, 0.2) is 0 Å². The Balaban J connectivity index is 2.27. The number of carboxylic acid groups (broad SMARTS) is 1. The summed E-state index contributed by atoms with van der Waals surface area (Å²) in [7, 11) is 0. The Hall–Kier alpha value is -2.17. The first-order valence-corrected chi connectivity index (χ1v) is 6.38. The van der Waals surface area contributed by atoms with Crippen LogP contribution in [-0.4, -0.2) is 25.8 Å². The van der Waals surface area contributed by atoms with E-state index in [9.17, 15) is 4.79 Å². The number of carboxylic acids is 1. The lowest BCUT2D eigenvalue weighted by Gasteiger charge is -2.06. The average Bonchev–Trinajstić information content (AvgIpc) is 2.81. The van der Waals surface area contributed by atoms with E-state index in [4.69, 9.17) is 5.11 Å². The lowest BCUT2D eigenvalue weighted by atomic mass is 10.2. The van der Waals surface area contributed by atoms with Crippen LogP contribution in [0.2, 0.25) is 0 Å². The Morgan fingerprint density at radius 2 is 2.05 bits per heavy atom. The van der Waals surface area contributed by atoms with Crippen LogP contribution in [0, 0.1) is 0 Å². The molecule has 5 heteroatoms. The average molecular weight is 259 g/mol. The second kappa shape index (κ2) is 5.65. The standard InChI is InChI=1S/C14H17N3O2/c1-3-10-8-12(4-2)17(16-10)9-11-6-5-7-13(15-11)14(18)19/h5-8H,3-4,9H2,1-2H3,(H,18,19). The molecule has 0 bridgehead atoms. The van der Waals surface area contributed by atoms with Gasteiger partial charge in [0, 0.05) is 5.69 Å². The van der Waals surface area contributed by atoms with E-state index < -0.39 is 5.97 Å². The summed E-state index contributed by atoms with van der Waals surface area (Å²) in [5, 5.41) is 13.4. The topological polar surface area (TPSA) is 68.0 Å². The van der Waals surface area contributed by atoms with Crippen LogP contribution in [0.5, 0.6) is 0 Å². The van der Waals surface area contributed by atoms with Crippen molar-refractivity contribution in [3.05, 3.63) is 47.0 Å². The number of aryl methyl sites for hydroxylation is 2. The molecule has 2 rings (SSSR count). The Kier molecular flexibility index (Phi) is 3.94. The number of aromatic nitrogens is 3. The molecule has 0 saturated carbocycles. The summed E-state index contributed by atoms with van der Waals surface area (Å²) in [5.41, 5.74) is 2.96. The Bertz CT molecular complexity index is 590. The van der Waals surface area contributed by atoms with Crippen LogP contribution in [0.4, 0.5) is 0 Å². The maximum absolute atomic E-state index is 10.9. The van der Waals surface area contributed by atoms with Crippen LogP contribution in [-0.2, 0) is 19.4 Å². The van der Waals surface area contributed by atoms with Gasteiger partial charge in [-0.1, -0.05) is 19.9 Å². The van der Waals surface area contributed by atoms with Gasteiger partial charge in [-0.25, -0.2) is 9.78 Å². The van der Waals surface area contributed by atoms with Crippen LogP contribution in [0.3, 0.4) is 0 Å². The number of hydrogen-bond donors (Lipinski definition) is 1. The van der Waals surface area contributed by atoms with Gasteiger partial charge in [-0.05, 0) is 31.0 Å². The Morgan fingerprint density at radius 1 is 1.26 bits per heavy atom. The highest BCUT2D eigenvalue weighted by atomic mass is 16.4. The number of nitrogens with zero attached hydrogens (tertiary/aromatic N) is 3. The molecule has 19 heavy (non-hydrogen) atoms. The molecule has 0 unspecified atom stereocenters. The third-order valence-corrected chi connectivity index (χ3v) is 2.98. The van der Waals surface area contributed by atoms with E-state index in [1.54, 1.807) is 6.07 Å². The van der Waals surface area contributed by atoms with Crippen molar-refractivity contribution in [1.29, 1.82) is 0 Å². The quantitative estimate of drug-likeness (QED) is 0.893. The van der Waals surface area contributed by atoms with E-state index in [1.165, 1.54) is 6.07 Å². The largest absolute Gasteiger partial charge is 0.477 e. The molecule has 0 amide bonds. The summed E-state index contributed by atoms with van der Waals surface area (Å²) in [4.78, 5) is 15.0. The predicted molar refractivity (Wildman–Crippen MR) is 71.3 cm³/mol. The zero-order chi connectivity index (χ0) is 13.8. The van der Waals surface area contributed by atoms with Crippen LogP contribution in [0.15, 0.2) is 24.3 Å². The van der Waals surface area contributed by atoms with Gasteiger partial charge in [-0.2, -0.15) is 5.10 Å². The molecule has 100 valence electrons. The second-order valence-corrected chi connectivity index (χ2v) is 4.31. The summed E-state index contributed by atoms with van der Waals surface area (Å²) in [6.45, 7) is 4.65. The third kappa shape index (κ3) is 2.99. The number of hydrogen-bond acceptors (Lipinski definition) is 3. The van der Waals surface area contributed by atoms with Gasteiger partial charge < -0.3 is 5.11 Å². The summed E-state index contributed by atoms with van der Waals surface area (Å²) < 4.78 is 1.90. The van der Waals surface area contributed by atoms with Crippen LogP contribution in [0.1, 0.15) is 41.4 Å². The Morgan fingerprint density at radius 3 is 2.68 bits per heavy atom. The van der Waals surface area contributed by atoms with Gasteiger partial charge in [0.1, 0.15) is 5.69 Å². The van der Waals surface area contributed by atoms with E-state index in [0.717, 1.165) is 24.2 Å². The van der Waals surface area contributed by atoms with Gasteiger partial charge in [-0.15, -0.1) is 0 Å². The highest BCUT2D eigenvalue weighted by Crippen LogP contribution is 2.09. The molecule has 0 radical (unpaired) electrons. The minimum Gasteiger partial charge on any atom is -0.477 e. The first-order valence-electron chi connectivity index (χ1n) is 6.38. The fourth-order valence-corrected chi connectivity index (χ4v) is 1.95. The van der Waals surface area contributed by atoms with Gasteiger partial charge in [0.05, 0.1) is 17.9 Å². The highest BCUT2D eigenvalue weighted by molar-refractivity contribution is 5.85. The molecule has 0 atom stereocenters. The molecule has 0 aromatic carbocycles. The van der Waals surface area contributed by atoms with Crippen molar-refractivity contribution in [2.45, 2.75) is 33.2 Å². The molecule has 2 heterocycles. The van der Waals surface area contributed by atoms with Crippen LogP contribution < -0.4 is 0 Å². The Labute approximate surface area is 111 Å². The first kappa shape index (κ1) is 13.3. The predicted octanol–water partition coefficient (Wildman–Crippen LogP) is 2.15. The zero-order valence-electron chi connectivity index (χ0n) is 11.1. The third-order valence-electron chi connectivity index (χ3n) is 2.98. The maximum Gasteiger partial charge on any atom is 0.354 e. The summed E-state index contributed by atoms with van der Waals surface area (Å²) in [6.07, 6.45) is 1.79. The normalized spacial score (nSPS) is 10.6. The summed E-state index contributed by atoms with van der Waals surface area (Å²) in [5.74, 6) is -1.01. The molecule has 1 N–H and O–H groups in total. The summed E-state index contributed by atoms with van der Waals surface area (Å²) >= 11 is 0. The van der Waals surface area contributed by atoms with Crippen molar-refractivity contribution in [2.24, 2.45) is 0 Å². The monoisotopic (exact) mass is 259 g/mol. The fraction of sp³-hybridized carbons (Fsp3) is 0.357. The summed E-state index contributed by atoms with van der Waals surface area (Å²) in [6, 6.07) is 7.11. The molecule has 0 aliphatic heterocycles. The lowest BCUT2D eigenvalue weighted by molar-refractivity contribution is 0.0690. The molecule has 0 aliphatic rings. The minimum atomic E-state index is -1.01. The van der Waals surface area contributed by atoms with E-state index in [2.05, 4.69) is 30.0 Å². The minimum absolute atomic E-state index is 0.0680. The molecule has 0 aliphatic carbocycles. The van der Waals surface area contributed by atoms with Crippen molar-refractivity contribution in [1.82, 2.24) is 14.8 Å². The van der Waals surface area contributed by atoms with Crippen molar-refractivity contribution in [3.8, 4) is 0 Å². The molecular formula is C14H17N3O2. The fourth-order valence-electron chi connectivity index (χ4n) is 1.95. The van der Waals surface area contributed by atoms with E-state index in [0.29, 0.717) is 12.2 Å². The first-order chi connectivity index (χ1) is 9.13. The number of aromatic carboxylic acids is 1. The molecule has 0 spiro atoms. The second-order valence-electron chi connectivity index (χ2n) is 4.31. The lowest BCUT2D eigenvalue weighted by Crippen LogP contribution is -2.09. The van der Waals surface area contributed by atoms with Crippen LogP contribution in [0.25, 0.3) is 0 Å². The molecule has 5 nitrogen and oxygen atoms in total. The molecular weight excluding hydrogens is 242 g/mol. The van der Waals surface area contributed by atoms with Gasteiger partial charge in [0.2, 0.25) is 0 Å². The zero-order valence-corrected chi connectivity index (χ0v) is 11.1. The number of rotatable bonds is 5. The molecule has 2 aromatic rings. The van der Waals surface area contributed by atoms with E-state index in [1.807, 2.05) is 10.7 Å². The maximum atomic E-state index is 10.9. The van der Waals surface area contributed by atoms with Crippen molar-refractivity contribution < 1.29 is 9.90 Å². The SMILES string of the molecule is CCc1cc(CC)n(Cc2cccc(C(=O)O)n2)n1. The number of carbonyl (C=O) groups is 1. The molecule has 0 saturated heterocycles. The van der Waals surface area contributed by atoms with E-state index in [-0.39, 0.29) is 5.69 Å². The van der Waals surface area contributed by atoms with E-state index >= 15 is 0 Å². The van der Waals surface area contributed by atoms with Gasteiger partial charge in [0.25, 0.3) is 0 Å². The van der Waals surface area contributed by atoms with Gasteiger partial charge >= 0.3 is 5.97 Å². The highest BCUT2D eigenvalue weighted by Gasteiger charge is 2.09. The van der Waals surface area contributed by atoms with Crippen molar-refractivity contribution >= 4 is 5.97 Å². The molecule has 0 fully saturated rings. The van der Waals surface area contributed by atoms with Crippen molar-refractivity contribution in [3.63, 3.8) is 0 Å². The number of pyridine rings is 1. The molecule has 2 aromatic heterocycles. The smallest absolute Gasteiger partial charge is 0.354 e. The van der Waals surface area contributed by atoms with Crippen molar-refractivity contribution in [2.75, 3.05) is 0 Å². The van der Waals surface area contributed by atoms with Crippen LogP contribution >= 0.6 is 0 Å².